The molecule has 17 heavy (non-hydrogen) atoms. The van der Waals surface area contributed by atoms with E-state index in [1.54, 1.807) is 7.05 Å². The molecule has 0 aromatic rings. The van der Waals surface area contributed by atoms with Gasteiger partial charge in [-0.2, -0.15) is 0 Å². The van der Waals surface area contributed by atoms with Crippen molar-refractivity contribution in [3.63, 3.8) is 0 Å². The van der Waals surface area contributed by atoms with E-state index in [-0.39, 0.29) is 24.5 Å². The molecule has 6 nitrogen and oxygen atoms in total. The van der Waals surface area contributed by atoms with Gasteiger partial charge in [-0.05, 0) is 12.8 Å². The van der Waals surface area contributed by atoms with Gasteiger partial charge in [0.15, 0.2) is 0 Å². The van der Waals surface area contributed by atoms with E-state index in [9.17, 15) is 18.0 Å². The number of carboxylic acid groups (broad SMARTS) is 1. The van der Waals surface area contributed by atoms with E-state index >= 15 is 0 Å². The lowest BCUT2D eigenvalue weighted by Crippen LogP contribution is -2.28. The summed E-state index contributed by atoms with van der Waals surface area (Å²) < 4.78 is 21.7. The van der Waals surface area contributed by atoms with Crippen LogP contribution in [0.25, 0.3) is 0 Å². The maximum Gasteiger partial charge on any atom is 0.303 e. The van der Waals surface area contributed by atoms with E-state index in [0.717, 1.165) is 6.26 Å². The number of amides is 1. The molecule has 0 atom stereocenters. The van der Waals surface area contributed by atoms with Gasteiger partial charge in [-0.15, -0.1) is 0 Å². The second-order valence-electron chi connectivity index (χ2n) is 4.05. The van der Waals surface area contributed by atoms with Crippen LogP contribution in [0.2, 0.25) is 0 Å². The van der Waals surface area contributed by atoms with Crippen LogP contribution in [0, 0.1) is 0 Å². The average molecular weight is 265 g/mol. The van der Waals surface area contributed by atoms with Gasteiger partial charge in [-0.1, -0.05) is 0 Å². The molecule has 0 saturated heterocycles. The summed E-state index contributed by atoms with van der Waals surface area (Å²) in [7, 11) is -1.43. The molecule has 0 unspecified atom stereocenters. The molecule has 1 amide bonds. The molecule has 0 aromatic carbocycles. The first-order chi connectivity index (χ1) is 7.72. The van der Waals surface area contributed by atoms with Gasteiger partial charge in [0.2, 0.25) is 5.91 Å². The Morgan fingerprint density at radius 3 is 2.24 bits per heavy atom. The number of aliphatic carboxylic acids is 1. The van der Waals surface area contributed by atoms with Crippen LogP contribution in [0.4, 0.5) is 0 Å². The van der Waals surface area contributed by atoms with E-state index in [2.05, 4.69) is 0 Å². The molecule has 0 aliphatic carbocycles. The summed E-state index contributed by atoms with van der Waals surface area (Å²) >= 11 is 0. The molecule has 100 valence electrons. The van der Waals surface area contributed by atoms with Gasteiger partial charge in [0.1, 0.15) is 9.84 Å². The fourth-order valence-corrected chi connectivity index (χ4v) is 1.94. The van der Waals surface area contributed by atoms with Crippen molar-refractivity contribution in [3.8, 4) is 0 Å². The van der Waals surface area contributed by atoms with Crippen molar-refractivity contribution >= 4 is 21.7 Å². The zero-order chi connectivity index (χ0) is 13.5. The Hall–Kier alpha value is -1.11. The molecule has 7 heteroatoms. The smallest absolute Gasteiger partial charge is 0.303 e. The van der Waals surface area contributed by atoms with Gasteiger partial charge in [0, 0.05) is 32.7 Å². The van der Waals surface area contributed by atoms with Gasteiger partial charge >= 0.3 is 5.97 Å². The molecule has 0 fully saturated rings. The number of carbonyl (C=O) groups is 2. The Kier molecular flexibility index (Phi) is 6.79. The summed E-state index contributed by atoms with van der Waals surface area (Å²) in [6.07, 6.45) is 2.05. The maximum atomic E-state index is 11.5. The Morgan fingerprint density at radius 2 is 1.76 bits per heavy atom. The first-order valence-electron chi connectivity index (χ1n) is 5.36. The van der Waals surface area contributed by atoms with Gasteiger partial charge < -0.3 is 10.0 Å². The van der Waals surface area contributed by atoms with Crippen molar-refractivity contribution < 1.29 is 23.1 Å². The van der Waals surface area contributed by atoms with E-state index in [0.29, 0.717) is 19.4 Å². The average Bonchev–Trinajstić information content (AvgIpc) is 2.14. The predicted octanol–water partition coefficient (Wildman–Crippen LogP) is 0.134. The number of carboxylic acids is 1. The normalized spacial score (nSPS) is 11.2. The Morgan fingerprint density at radius 1 is 1.18 bits per heavy atom. The minimum absolute atomic E-state index is 0.00169. The highest BCUT2D eigenvalue weighted by molar-refractivity contribution is 7.90. The predicted molar refractivity (Wildman–Crippen MR) is 63.5 cm³/mol. The van der Waals surface area contributed by atoms with Crippen LogP contribution in [0.15, 0.2) is 0 Å². The number of hydrogen-bond acceptors (Lipinski definition) is 4. The summed E-state index contributed by atoms with van der Waals surface area (Å²) in [5, 5.41) is 8.43. The van der Waals surface area contributed by atoms with Gasteiger partial charge in [-0.3, -0.25) is 9.59 Å². The molecule has 0 radical (unpaired) electrons. The molecular weight excluding hydrogens is 246 g/mol. The molecule has 0 spiro atoms. The number of rotatable bonds is 8. The lowest BCUT2D eigenvalue weighted by molar-refractivity contribution is -0.138. The molecule has 0 aliphatic heterocycles. The van der Waals surface area contributed by atoms with Crippen molar-refractivity contribution in [1.29, 1.82) is 0 Å². The van der Waals surface area contributed by atoms with Crippen LogP contribution in [-0.2, 0) is 19.4 Å². The van der Waals surface area contributed by atoms with E-state index < -0.39 is 15.8 Å². The standard InChI is InChI=1S/C10H19NO5S/c1-11(7-3-6-10(13)14)9(12)5-4-8-17(2,15)16/h3-8H2,1-2H3,(H,13,14). The van der Waals surface area contributed by atoms with Gasteiger partial charge in [0.25, 0.3) is 0 Å². The summed E-state index contributed by atoms with van der Waals surface area (Å²) in [6, 6.07) is 0. The second-order valence-corrected chi connectivity index (χ2v) is 6.31. The molecule has 1 N–H and O–H groups in total. The molecule has 0 heterocycles. The summed E-state index contributed by atoms with van der Waals surface area (Å²) in [5.41, 5.74) is 0. The minimum atomic E-state index is -3.02. The maximum absolute atomic E-state index is 11.5. The van der Waals surface area contributed by atoms with Crippen LogP contribution in [-0.4, -0.2) is 55.9 Å². The first kappa shape index (κ1) is 15.9. The highest BCUT2D eigenvalue weighted by Gasteiger charge is 2.10. The Labute approximate surface area is 102 Å². The lowest BCUT2D eigenvalue weighted by atomic mass is 10.2. The van der Waals surface area contributed by atoms with Crippen LogP contribution in [0.5, 0.6) is 0 Å². The molecule has 0 aromatic heterocycles. The SMILES string of the molecule is CN(CCCC(=O)O)C(=O)CCCS(C)(=O)=O. The van der Waals surface area contributed by atoms with Gasteiger partial charge in [0.05, 0.1) is 5.75 Å². The first-order valence-corrected chi connectivity index (χ1v) is 7.42. The van der Waals surface area contributed by atoms with Crippen LogP contribution in [0.3, 0.4) is 0 Å². The molecule has 0 bridgehead atoms. The fraction of sp³-hybridized carbons (Fsp3) is 0.800. The van der Waals surface area contributed by atoms with E-state index in [1.807, 2.05) is 0 Å². The number of sulfone groups is 1. The lowest BCUT2D eigenvalue weighted by Gasteiger charge is -2.16. The fourth-order valence-electron chi connectivity index (χ4n) is 1.27. The van der Waals surface area contributed by atoms with Crippen molar-refractivity contribution in [3.05, 3.63) is 0 Å². The number of nitrogens with zero attached hydrogens (tertiary/aromatic N) is 1. The topological polar surface area (TPSA) is 91.8 Å². The third kappa shape index (κ3) is 9.80. The highest BCUT2D eigenvalue weighted by Crippen LogP contribution is 2.00. The quantitative estimate of drug-likeness (QED) is 0.673. The zero-order valence-corrected chi connectivity index (χ0v) is 11.0. The Bertz CT molecular complexity index is 363. The van der Waals surface area contributed by atoms with Crippen molar-refractivity contribution in [2.24, 2.45) is 0 Å². The molecule has 0 saturated carbocycles. The second kappa shape index (κ2) is 7.26. The number of carbonyl (C=O) groups excluding carboxylic acids is 1. The minimum Gasteiger partial charge on any atom is -0.481 e. The highest BCUT2D eigenvalue weighted by atomic mass is 32.2. The van der Waals surface area contributed by atoms with Crippen LogP contribution in [0.1, 0.15) is 25.7 Å². The monoisotopic (exact) mass is 265 g/mol. The van der Waals surface area contributed by atoms with Crippen LogP contribution >= 0.6 is 0 Å². The summed E-state index contributed by atoms with van der Waals surface area (Å²) in [4.78, 5) is 23.2. The Balaban J connectivity index is 3.78. The van der Waals surface area contributed by atoms with Crippen LogP contribution < -0.4 is 0 Å². The third-order valence-electron chi connectivity index (χ3n) is 2.22. The molecule has 0 aliphatic rings. The molecular formula is C10H19NO5S. The van der Waals surface area contributed by atoms with Gasteiger partial charge in [-0.25, -0.2) is 8.42 Å². The third-order valence-corrected chi connectivity index (χ3v) is 3.25. The van der Waals surface area contributed by atoms with E-state index in [4.69, 9.17) is 5.11 Å². The largest absolute Gasteiger partial charge is 0.481 e. The van der Waals surface area contributed by atoms with Crippen molar-refractivity contribution in [2.45, 2.75) is 25.7 Å². The summed E-state index contributed by atoms with van der Waals surface area (Å²) in [6.45, 7) is 0.379. The van der Waals surface area contributed by atoms with E-state index in [1.165, 1.54) is 4.90 Å². The summed E-state index contributed by atoms with van der Waals surface area (Å²) in [5.74, 6) is -1.04. The molecule has 0 rings (SSSR count). The van der Waals surface area contributed by atoms with Crippen molar-refractivity contribution in [2.75, 3.05) is 25.6 Å². The van der Waals surface area contributed by atoms with Crippen molar-refractivity contribution in [1.82, 2.24) is 4.90 Å². The zero-order valence-electron chi connectivity index (χ0n) is 10.2. The number of hydrogen-bond donors (Lipinski definition) is 1.